The van der Waals surface area contributed by atoms with Crippen molar-refractivity contribution < 1.29 is 23.4 Å². The van der Waals surface area contributed by atoms with Crippen LogP contribution in [-0.2, 0) is 0 Å². The summed E-state index contributed by atoms with van der Waals surface area (Å²) in [5.41, 5.74) is 0.422. The summed E-state index contributed by atoms with van der Waals surface area (Å²) in [5, 5.41) is 8.91. The van der Waals surface area contributed by atoms with Gasteiger partial charge in [0.05, 0.1) is 16.7 Å². The molecule has 0 aliphatic heterocycles. The van der Waals surface area contributed by atoms with E-state index in [0.717, 1.165) is 18.2 Å². The Morgan fingerprint density at radius 1 is 1.24 bits per heavy atom. The first kappa shape index (κ1) is 14.4. The van der Waals surface area contributed by atoms with Crippen molar-refractivity contribution in [1.29, 1.82) is 0 Å². The number of hydrogen-bond acceptors (Lipinski definition) is 4. The first-order valence-electron chi connectivity index (χ1n) is 5.65. The fraction of sp³-hybridized carbons (Fsp3) is 0.0714. The van der Waals surface area contributed by atoms with Gasteiger partial charge in [-0.2, -0.15) is 8.78 Å². The lowest BCUT2D eigenvalue weighted by atomic mass is 10.1. The summed E-state index contributed by atoms with van der Waals surface area (Å²) in [6.07, 6.45) is 4.20. The lowest BCUT2D eigenvalue weighted by molar-refractivity contribution is -0.0500. The molecule has 5 nitrogen and oxygen atoms in total. The number of aromatic nitrogens is 2. The van der Waals surface area contributed by atoms with Crippen molar-refractivity contribution in [2.24, 2.45) is 0 Å². The van der Waals surface area contributed by atoms with Crippen LogP contribution in [-0.4, -0.2) is 27.7 Å². The molecule has 1 N–H and O–H groups in total. The van der Waals surface area contributed by atoms with Gasteiger partial charge in [0, 0.05) is 12.4 Å². The quantitative estimate of drug-likeness (QED) is 0.877. The Morgan fingerprint density at radius 3 is 2.57 bits per heavy atom. The van der Waals surface area contributed by atoms with Crippen LogP contribution in [0.3, 0.4) is 0 Å². The first-order chi connectivity index (χ1) is 10.1. The van der Waals surface area contributed by atoms with Crippen LogP contribution >= 0.6 is 0 Å². The van der Waals surface area contributed by atoms with Gasteiger partial charge in [0.25, 0.3) is 0 Å². The molecule has 0 saturated carbocycles. The van der Waals surface area contributed by atoms with E-state index in [2.05, 4.69) is 26.5 Å². The molecule has 0 radical (unpaired) electrons. The monoisotopic (exact) mass is 290 g/mol. The molecule has 0 amide bonds. The smallest absolute Gasteiger partial charge is 0.387 e. The number of alkyl halides is 2. The summed E-state index contributed by atoms with van der Waals surface area (Å²) in [7, 11) is 0. The fourth-order valence-electron chi connectivity index (χ4n) is 1.46. The van der Waals surface area contributed by atoms with Gasteiger partial charge in [-0.25, -0.2) is 14.8 Å². The van der Waals surface area contributed by atoms with E-state index in [0.29, 0.717) is 5.56 Å². The molecule has 21 heavy (non-hydrogen) atoms. The molecule has 1 aromatic heterocycles. The minimum atomic E-state index is -3.03. The second-order valence-corrected chi connectivity index (χ2v) is 3.77. The topological polar surface area (TPSA) is 72.3 Å². The SMILES string of the molecule is O=C(O)c1ccc(OC(F)F)c(C#Cc2cncnc2)c1. The molecule has 0 fully saturated rings. The minimum Gasteiger partial charge on any atom is -0.478 e. The minimum absolute atomic E-state index is 0.0408. The number of hydrogen-bond donors (Lipinski definition) is 1. The summed E-state index contributed by atoms with van der Waals surface area (Å²) in [5.74, 6) is 3.84. The van der Waals surface area contributed by atoms with Crippen molar-refractivity contribution in [3.63, 3.8) is 0 Å². The Balaban J connectivity index is 2.41. The van der Waals surface area contributed by atoms with E-state index < -0.39 is 12.6 Å². The number of ether oxygens (including phenoxy) is 1. The summed E-state index contributed by atoms with van der Waals surface area (Å²) in [4.78, 5) is 18.4. The fourth-order valence-corrected chi connectivity index (χ4v) is 1.46. The summed E-state index contributed by atoms with van der Waals surface area (Å²) in [6, 6.07) is 3.47. The zero-order chi connectivity index (χ0) is 15.2. The van der Waals surface area contributed by atoms with Gasteiger partial charge in [-0.3, -0.25) is 0 Å². The van der Waals surface area contributed by atoms with Gasteiger partial charge in [-0.05, 0) is 18.2 Å². The zero-order valence-electron chi connectivity index (χ0n) is 10.5. The molecular formula is C14H8F2N2O3. The highest BCUT2D eigenvalue weighted by Crippen LogP contribution is 2.21. The van der Waals surface area contributed by atoms with Crippen LogP contribution in [0.4, 0.5) is 8.78 Å². The Labute approximate surface area is 118 Å². The molecule has 106 valence electrons. The number of benzene rings is 1. The highest BCUT2D eigenvalue weighted by atomic mass is 19.3. The van der Waals surface area contributed by atoms with E-state index in [4.69, 9.17) is 5.11 Å². The Kier molecular flexibility index (Phi) is 4.41. The van der Waals surface area contributed by atoms with Gasteiger partial charge in [0.15, 0.2) is 0 Å². The van der Waals surface area contributed by atoms with Crippen LogP contribution in [0.15, 0.2) is 36.9 Å². The zero-order valence-corrected chi connectivity index (χ0v) is 10.5. The predicted octanol–water partition coefficient (Wildman–Crippen LogP) is 2.18. The number of carboxylic acids is 1. The maximum atomic E-state index is 12.3. The summed E-state index contributed by atoms with van der Waals surface area (Å²) < 4.78 is 28.9. The van der Waals surface area contributed by atoms with E-state index >= 15 is 0 Å². The molecule has 7 heteroatoms. The third-order valence-electron chi connectivity index (χ3n) is 2.34. The first-order valence-corrected chi connectivity index (χ1v) is 5.65. The molecule has 1 aromatic carbocycles. The van der Waals surface area contributed by atoms with Gasteiger partial charge in [-0.15, -0.1) is 0 Å². The van der Waals surface area contributed by atoms with Gasteiger partial charge in [0.1, 0.15) is 12.1 Å². The molecule has 0 atom stereocenters. The van der Waals surface area contributed by atoms with E-state index in [9.17, 15) is 13.6 Å². The molecule has 2 rings (SSSR count). The second-order valence-electron chi connectivity index (χ2n) is 3.77. The lowest BCUT2D eigenvalue weighted by Gasteiger charge is -2.07. The number of rotatable bonds is 3. The molecular weight excluding hydrogens is 282 g/mol. The highest BCUT2D eigenvalue weighted by molar-refractivity contribution is 5.88. The van der Waals surface area contributed by atoms with Crippen molar-refractivity contribution in [3.05, 3.63) is 53.6 Å². The van der Waals surface area contributed by atoms with Gasteiger partial charge in [0.2, 0.25) is 0 Å². The lowest BCUT2D eigenvalue weighted by Crippen LogP contribution is -2.05. The Hall–Kier alpha value is -3.01. The second kappa shape index (κ2) is 6.43. The number of nitrogens with zero attached hydrogens (tertiary/aromatic N) is 2. The number of carbonyl (C=O) groups is 1. The average Bonchev–Trinajstić information content (AvgIpc) is 2.46. The third-order valence-corrected chi connectivity index (χ3v) is 2.34. The number of aromatic carboxylic acids is 1. The maximum Gasteiger partial charge on any atom is 0.387 e. The van der Waals surface area contributed by atoms with E-state index in [-0.39, 0.29) is 16.9 Å². The molecule has 0 saturated heterocycles. The number of halogens is 2. The van der Waals surface area contributed by atoms with Crippen molar-refractivity contribution in [1.82, 2.24) is 9.97 Å². The summed E-state index contributed by atoms with van der Waals surface area (Å²) >= 11 is 0. The summed E-state index contributed by atoms with van der Waals surface area (Å²) in [6.45, 7) is -3.03. The average molecular weight is 290 g/mol. The molecule has 1 heterocycles. The van der Waals surface area contributed by atoms with Crippen LogP contribution in [0.25, 0.3) is 0 Å². The number of carboxylic acid groups (broad SMARTS) is 1. The molecule has 0 aliphatic rings. The van der Waals surface area contributed by atoms with Crippen LogP contribution in [0.5, 0.6) is 5.75 Å². The largest absolute Gasteiger partial charge is 0.478 e. The van der Waals surface area contributed by atoms with Crippen molar-refractivity contribution in [3.8, 4) is 17.6 Å². The van der Waals surface area contributed by atoms with Crippen LogP contribution in [0, 0.1) is 11.8 Å². The molecule has 0 unspecified atom stereocenters. The predicted molar refractivity (Wildman–Crippen MR) is 68.0 cm³/mol. The van der Waals surface area contributed by atoms with Gasteiger partial charge < -0.3 is 9.84 Å². The molecule has 2 aromatic rings. The van der Waals surface area contributed by atoms with Gasteiger partial charge in [-0.1, -0.05) is 11.8 Å². The molecule has 0 spiro atoms. The third kappa shape index (κ3) is 3.98. The van der Waals surface area contributed by atoms with Crippen molar-refractivity contribution in [2.45, 2.75) is 6.61 Å². The van der Waals surface area contributed by atoms with E-state index in [1.54, 1.807) is 0 Å². The highest BCUT2D eigenvalue weighted by Gasteiger charge is 2.11. The van der Waals surface area contributed by atoms with E-state index in [1.807, 2.05) is 0 Å². The Bertz CT molecular complexity index is 709. The van der Waals surface area contributed by atoms with Crippen molar-refractivity contribution >= 4 is 5.97 Å². The standard InChI is InChI=1S/C14H8F2N2O3/c15-14(16)21-12-4-3-11(13(19)20)5-10(12)2-1-9-6-17-8-18-7-9/h3-8,14H,(H,19,20). The van der Waals surface area contributed by atoms with Crippen molar-refractivity contribution in [2.75, 3.05) is 0 Å². The Morgan fingerprint density at radius 2 is 1.95 bits per heavy atom. The van der Waals surface area contributed by atoms with Crippen LogP contribution < -0.4 is 4.74 Å². The van der Waals surface area contributed by atoms with Gasteiger partial charge >= 0.3 is 12.6 Å². The normalized spacial score (nSPS) is 9.86. The van der Waals surface area contributed by atoms with E-state index in [1.165, 1.54) is 18.7 Å². The molecule has 0 aliphatic carbocycles. The van der Waals surface area contributed by atoms with Crippen LogP contribution in [0.1, 0.15) is 21.5 Å². The molecule has 0 bridgehead atoms. The maximum absolute atomic E-state index is 12.3. The van der Waals surface area contributed by atoms with Crippen LogP contribution in [0.2, 0.25) is 0 Å².